The summed E-state index contributed by atoms with van der Waals surface area (Å²) in [4.78, 5) is 12.9. The lowest BCUT2D eigenvalue weighted by Gasteiger charge is -2.42. The minimum absolute atomic E-state index is 0.0683. The number of carbonyl (C=O) groups excluding carboxylic acids is 1. The third-order valence-corrected chi connectivity index (χ3v) is 5.26. The number of nitrogens with one attached hydrogen (secondary N) is 1. The van der Waals surface area contributed by atoms with E-state index in [1.807, 2.05) is 18.2 Å². The van der Waals surface area contributed by atoms with Crippen molar-refractivity contribution in [1.29, 1.82) is 0 Å². The molecule has 1 amide bonds. The second kappa shape index (κ2) is 6.18. The van der Waals surface area contributed by atoms with Crippen LogP contribution < -0.4 is 5.32 Å². The van der Waals surface area contributed by atoms with Crippen molar-refractivity contribution in [2.45, 2.75) is 68.9 Å². The van der Waals surface area contributed by atoms with Crippen LogP contribution in [0.15, 0.2) is 30.3 Å². The van der Waals surface area contributed by atoms with Crippen molar-refractivity contribution in [3.63, 3.8) is 0 Å². The van der Waals surface area contributed by atoms with Crippen LogP contribution in [-0.4, -0.2) is 23.2 Å². The highest BCUT2D eigenvalue weighted by molar-refractivity contribution is 5.89. The first-order valence-electron chi connectivity index (χ1n) is 8.27. The lowest BCUT2D eigenvalue weighted by atomic mass is 9.63. The Morgan fingerprint density at radius 1 is 1.05 bits per heavy atom. The topological polar surface area (TPSA) is 49.3 Å². The van der Waals surface area contributed by atoms with Gasteiger partial charge in [-0.3, -0.25) is 4.79 Å². The van der Waals surface area contributed by atoms with Crippen molar-refractivity contribution in [1.82, 2.24) is 5.32 Å². The number of rotatable bonds is 3. The predicted octanol–water partition coefficient (Wildman–Crippen LogP) is 2.92. The van der Waals surface area contributed by atoms with Crippen molar-refractivity contribution in [3.05, 3.63) is 35.9 Å². The van der Waals surface area contributed by atoms with E-state index >= 15 is 0 Å². The van der Waals surface area contributed by atoms with Crippen LogP contribution in [0.5, 0.6) is 0 Å². The fraction of sp³-hybridized carbons (Fsp3) is 0.611. The zero-order valence-corrected chi connectivity index (χ0v) is 12.6. The monoisotopic (exact) mass is 287 g/mol. The summed E-state index contributed by atoms with van der Waals surface area (Å²) in [6.45, 7) is 0. The van der Waals surface area contributed by atoms with Gasteiger partial charge in [0.2, 0.25) is 5.91 Å². The molecule has 0 spiro atoms. The molecule has 2 aliphatic rings. The largest absolute Gasteiger partial charge is 0.391 e. The fourth-order valence-corrected chi connectivity index (χ4v) is 3.70. The van der Waals surface area contributed by atoms with Crippen molar-refractivity contribution in [2.24, 2.45) is 0 Å². The molecule has 2 unspecified atom stereocenters. The van der Waals surface area contributed by atoms with Gasteiger partial charge >= 0.3 is 0 Å². The molecule has 21 heavy (non-hydrogen) atoms. The van der Waals surface area contributed by atoms with Gasteiger partial charge in [-0.1, -0.05) is 56.0 Å². The van der Waals surface area contributed by atoms with Crippen LogP contribution in [0.25, 0.3) is 0 Å². The summed E-state index contributed by atoms with van der Waals surface area (Å²) in [6.07, 6.45) is 7.60. The number of carbonyl (C=O) groups is 1. The number of hydrogen-bond donors (Lipinski definition) is 2. The van der Waals surface area contributed by atoms with E-state index in [1.165, 1.54) is 0 Å². The molecule has 2 atom stereocenters. The van der Waals surface area contributed by atoms with Crippen LogP contribution >= 0.6 is 0 Å². The Labute approximate surface area is 126 Å². The molecule has 2 fully saturated rings. The molecule has 0 heterocycles. The summed E-state index contributed by atoms with van der Waals surface area (Å²) in [5.41, 5.74) is 0.768. The van der Waals surface area contributed by atoms with Crippen LogP contribution in [0.4, 0.5) is 0 Å². The Bertz CT molecular complexity index is 481. The Hall–Kier alpha value is -1.35. The summed E-state index contributed by atoms with van der Waals surface area (Å²) in [7, 11) is 0. The molecule has 0 aromatic heterocycles. The minimum Gasteiger partial charge on any atom is -0.391 e. The van der Waals surface area contributed by atoms with Gasteiger partial charge < -0.3 is 10.4 Å². The summed E-state index contributed by atoms with van der Waals surface area (Å²) in [6, 6.07) is 10.0. The van der Waals surface area contributed by atoms with Crippen molar-refractivity contribution >= 4 is 5.91 Å². The molecule has 3 rings (SSSR count). The lowest BCUT2D eigenvalue weighted by molar-refractivity contribution is -0.131. The maximum atomic E-state index is 12.9. The van der Waals surface area contributed by atoms with E-state index in [0.717, 1.165) is 56.9 Å². The first kappa shape index (κ1) is 14.6. The second-order valence-corrected chi connectivity index (χ2v) is 6.59. The zero-order valence-electron chi connectivity index (χ0n) is 12.6. The number of benzene rings is 1. The average molecular weight is 287 g/mol. The van der Waals surface area contributed by atoms with Crippen LogP contribution in [0, 0.1) is 0 Å². The van der Waals surface area contributed by atoms with E-state index in [-0.39, 0.29) is 23.5 Å². The molecule has 3 heteroatoms. The van der Waals surface area contributed by atoms with Crippen molar-refractivity contribution in [3.8, 4) is 0 Å². The SMILES string of the molecule is O=C(NC1CCCCCC1O)C1(c2ccccc2)CCC1. The summed E-state index contributed by atoms with van der Waals surface area (Å²) in [5.74, 6) is 0.117. The number of amides is 1. The van der Waals surface area contributed by atoms with E-state index in [2.05, 4.69) is 17.4 Å². The highest BCUT2D eigenvalue weighted by atomic mass is 16.3. The Kier molecular flexibility index (Phi) is 4.29. The first-order valence-corrected chi connectivity index (χ1v) is 8.27. The second-order valence-electron chi connectivity index (χ2n) is 6.59. The van der Waals surface area contributed by atoms with Gasteiger partial charge in [0.15, 0.2) is 0 Å². The Balaban J connectivity index is 1.74. The molecule has 1 aromatic rings. The van der Waals surface area contributed by atoms with E-state index < -0.39 is 0 Å². The molecule has 0 bridgehead atoms. The van der Waals surface area contributed by atoms with Gasteiger partial charge in [0.05, 0.1) is 17.6 Å². The zero-order chi connectivity index (χ0) is 14.7. The summed E-state index contributed by atoms with van der Waals surface area (Å²) in [5, 5.41) is 13.4. The molecule has 0 aliphatic heterocycles. The molecule has 3 nitrogen and oxygen atoms in total. The van der Waals surface area contributed by atoms with Gasteiger partial charge in [-0.25, -0.2) is 0 Å². The van der Waals surface area contributed by atoms with Crippen LogP contribution in [0.3, 0.4) is 0 Å². The van der Waals surface area contributed by atoms with Crippen LogP contribution in [0.2, 0.25) is 0 Å². The summed E-state index contributed by atoms with van der Waals surface area (Å²) < 4.78 is 0. The molecule has 0 saturated heterocycles. The van der Waals surface area contributed by atoms with Crippen LogP contribution in [0.1, 0.15) is 56.9 Å². The van der Waals surface area contributed by atoms with Gasteiger partial charge in [-0.05, 0) is 31.2 Å². The molecule has 1 aromatic carbocycles. The fourth-order valence-electron chi connectivity index (χ4n) is 3.70. The van der Waals surface area contributed by atoms with E-state index in [1.54, 1.807) is 0 Å². The van der Waals surface area contributed by atoms with Crippen LogP contribution in [-0.2, 0) is 10.2 Å². The summed E-state index contributed by atoms with van der Waals surface area (Å²) >= 11 is 0. The van der Waals surface area contributed by atoms with E-state index in [9.17, 15) is 9.90 Å². The normalized spacial score (nSPS) is 28.2. The number of hydrogen-bond acceptors (Lipinski definition) is 2. The molecular weight excluding hydrogens is 262 g/mol. The van der Waals surface area contributed by atoms with Crippen molar-refractivity contribution in [2.75, 3.05) is 0 Å². The van der Waals surface area contributed by atoms with Gasteiger partial charge in [0.25, 0.3) is 0 Å². The molecular formula is C18H25NO2. The van der Waals surface area contributed by atoms with Crippen molar-refractivity contribution < 1.29 is 9.90 Å². The Morgan fingerprint density at radius 3 is 2.43 bits per heavy atom. The molecule has 0 radical (unpaired) electrons. The number of aliphatic hydroxyl groups excluding tert-OH is 1. The van der Waals surface area contributed by atoms with E-state index in [4.69, 9.17) is 0 Å². The highest BCUT2D eigenvalue weighted by Crippen LogP contribution is 2.44. The third-order valence-electron chi connectivity index (χ3n) is 5.26. The minimum atomic E-state index is -0.385. The smallest absolute Gasteiger partial charge is 0.230 e. The first-order chi connectivity index (χ1) is 10.2. The lowest BCUT2D eigenvalue weighted by Crippen LogP contribution is -2.54. The number of aliphatic hydroxyl groups is 1. The van der Waals surface area contributed by atoms with Gasteiger partial charge in [-0.15, -0.1) is 0 Å². The van der Waals surface area contributed by atoms with E-state index in [0.29, 0.717) is 0 Å². The molecule has 2 aliphatic carbocycles. The quantitative estimate of drug-likeness (QED) is 0.840. The predicted molar refractivity (Wildman–Crippen MR) is 83.0 cm³/mol. The maximum absolute atomic E-state index is 12.9. The standard InChI is InChI=1S/C18H25NO2/c20-16-11-6-2-5-10-15(16)19-17(21)18(12-7-13-18)14-8-3-1-4-9-14/h1,3-4,8-9,15-16,20H,2,5-7,10-13H2,(H,19,21). The molecule has 2 saturated carbocycles. The van der Waals surface area contributed by atoms with Gasteiger partial charge in [-0.2, -0.15) is 0 Å². The Morgan fingerprint density at radius 2 is 1.76 bits per heavy atom. The molecule has 114 valence electrons. The van der Waals surface area contributed by atoms with Gasteiger partial charge in [0, 0.05) is 0 Å². The highest BCUT2D eigenvalue weighted by Gasteiger charge is 2.46. The average Bonchev–Trinajstić information content (AvgIpc) is 2.64. The molecule has 2 N–H and O–H groups in total. The van der Waals surface area contributed by atoms with Gasteiger partial charge in [0.1, 0.15) is 0 Å². The maximum Gasteiger partial charge on any atom is 0.230 e. The third kappa shape index (κ3) is 2.84.